The first-order valence-corrected chi connectivity index (χ1v) is 7.24. The van der Waals surface area contributed by atoms with E-state index in [-0.39, 0.29) is 5.78 Å². The Morgan fingerprint density at radius 3 is 2.87 bits per heavy atom. The molecule has 2 aromatic heterocycles. The molecule has 5 heteroatoms. The normalized spacial score (nSPS) is 11.0. The van der Waals surface area contributed by atoms with E-state index in [0.29, 0.717) is 5.56 Å². The predicted octanol–water partition coefficient (Wildman–Crippen LogP) is 3.42. The summed E-state index contributed by atoms with van der Waals surface area (Å²) >= 11 is 0. The topological polar surface area (TPSA) is 63.6 Å². The molecule has 1 N–H and O–H groups in total. The van der Waals surface area contributed by atoms with Gasteiger partial charge in [-0.2, -0.15) is 5.10 Å². The van der Waals surface area contributed by atoms with Crippen molar-refractivity contribution >= 4 is 16.8 Å². The van der Waals surface area contributed by atoms with E-state index in [4.69, 9.17) is 0 Å². The quantitative estimate of drug-likeness (QED) is 0.590. The summed E-state index contributed by atoms with van der Waals surface area (Å²) in [6.07, 6.45) is 1.76. The van der Waals surface area contributed by atoms with Gasteiger partial charge in [0.05, 0.1) is 11.0 Å². The molecule has 4 aromatic rings. The molecule has 2 heterocycles. The number of nitrogens with zero attached hydrogens (tertiary/aromatic N) is 3. The highest BCUT2D eigenvalue weighted by molar-refractivity contribution is 5.98. The van der Waals surface area contributed by atoms with Crippen LogP contribution in [-0.4, -0.2) is 25.5 Å². The first-order valence-electron chi connectivity index (χ1n) is 7.24. The largest absolute Gasteiger partial charge is 0.295 e. The summed E-state index contributed by atoms with van der Waals surface area (Å²) in [6.45, 7) is 1.55. The minimum atomic E-state index is 0.0239. The van der Waals surface area contributed by atoms with Gasteiger partial charge in [-0.3, -0.25) is 14.5 Å². The van der Waals surface area contributed by atoms with Gasteiger partial charge in [0.25, 0.3) is 0 Å². The highest BCUT2D eigenvalue weighted by Crippen LogP contribution is 2.28. The highest BCUT2D eigenvalue weighted by Gasteiger charge is 2.16. The van der Waals surface area contributed by atoms with Gasteiger partial charge >= 0.3 is 0 Å². The van der Waals surface area contributed by atoms with Gasteiger partial charge < -0.3 is 0 Å². The van der Waals surface area contributed by atoms with Crippen LogP contribution in [-0.2, 0) is 0 Å². The van der Waals surface area contributed by atoms with Crippen LogP contribution in [0.5, 0.6) is 0 Å². The van der Waals surface area contributed by atoms with Gasteiger partial charge in [-0.05, 0) is 49.4 Å². The van der Waals surface area contributed by atoms with Gasteiger partial charge in [-0.15, -0.1) is 0 Å². The Labute approximate surface area is 132 Å². The fraction of sp³-hybridized carbons (Fsp3) is 0.0556. The molecule has 0 amide bonds. The lowest BCUT2D eigenvalue weighted by molar-refractivity contribution is 0.101. The highest BCUT2D eigenvalue weighted by atomic mass is 16.1. The van der Waals surface area contributed by atoms with Gasteiger partial charge in [-0.1, -0.05) is 12.1 Å². The Hall–Kier alpha value is -3.21. The Morgan fingerprint density at radius 2 is 2.17 bits per heavy atom. The number of H-pyrrole nitrogens is 1. The number of rotatable bonds is 3. The number of imidazole rings is 1. The number of Topliss-reactive ketones (excluding diaryl/α,β-unsaturated/α-hetero) is 1. The van der Waals surface area contributed by atoms with Crippen LogP contribution >= 0.6 is 0 Å². The number of carbonyl (C=O) groups excluding carboxylic acids is 1. The fourth-order valence-corrected chi connectivity index (χ4v) is 2.64. The summed E-state index contributed by atoms with van der Waals surface area (Å²) in [5, 5.41) is 7.06. The molecule has 0 saturated heterocycles. The second-order valence-corrected chi connectivity index (χ2v) is 5.25. The van der Waals surface area contributed by atoms with E-state index in [0.717, 1.165) is 28.2 Å². The van der Waals surface area contributed by atoms with Crippen LogP contribution in [0, 0.1) is 6.07 Å². The summed E-state index contributed by atoms with van der Waals surface area (Å²) in [5.41, 5.74) is 4.03. The number of ketones is 1. The van der Waals surface area contributed by atoms with Gasteiger partial charge in [0.15, 0.2) is 11.6 Å². The SMILES string of the molecule is CC(=O)c1ccc2c(c1)nc(-c1cc[nH]n1)n2-c1c[c]ccc1. The number of hydrogen-bond donors (Lipinski definition) is 1. The van der Waals surface area contributed by atoms with E-state index in [9.17, 15) is 4.79 Å². The van der Waals surface area contributed by atoms with Gasteiger partial charge in [0.1, 0.15) is 5.69 Å². The maximum absolute atomic E-state index is 11.6. The number of hydrogen-bond acceptors (Lipinski definition) is 3. The number of benzene rings is 2. The number of aromatic amines is 1. The van der Waals surface area contributed by atoms with Crippen molar-refractivity contribution in [1.82, 2.24) is 19.7 Å². The van der Waals surface area contributed by atoms with E-state index in [2.05, 4.69) is 21.2 Å². The van der Waals surface area contributed by atoms with Gasteiger partial charge in [0.2, 0.25) is 0 Å². The predicted molar refractivity (Wildman–Crippen MR) is 87.5 cm³/mol. The molecule has 0 bridgehead atoms. The van der Waals surface area contributed by atoms with Crippen LogP contribution in [0.25, 0.3) is 28.2 Å². The third kappa shape index (κ3) is 2.23. The average Bonchev–Trinajstić information content (AvgIpc) is 3.22. The minimum Gasteiger partial charge on any atom is -0.295 e. The number of nitrogens with one attached hydrogen (secondary N) is 1. The lowest BCUT2D eigenvalue weighted by Gasteiger charge is -2.07. The molecule has 1 radical (unpaired) electrons. The lowest BCUT2D eigenvalue weighted by Crippen LogP contribution is -1.98. The van der Waals surface area contributed by atoms with E-state index in [1.54, 1.807) is 13.1 Å². The Balaban J connectivity index is 2.05. The van der Waals surface area contributed by atoms with Crippen molar-refractivity contribution in [3.8, 4) is 17.2 Å². The second kappa shape index (κ2) is 5.21. The first-order chi connectivity index (χ1) is 11.2. The standard InChI is InChI=1S/C18H13N4O/c1-12(23)13-7-8-17-16(11-13)20-18(15-9-10-19-21-15)22(17)14-5-3-2-4-6-14/h2-3,5-11H,1H3,(H,19,21). The van der Waals surface area contributed by atoms with E-state index >= 15 is 0 Å². The molecule has 4 rings (SSSR count). The smallest absolute Gasteiger partial charge is 0.166 e. The minimum absolute atomic E-state index is 0.0239. The van der Waals surface area contributed by atoms with Crippen LogP contribution in [0.15, 0.2) is 54.7 Å². The van der Waals surface area contributed by atoms with Gasteiger partial charge in [0, 0.05) is 17.4 Å². The summed E-state index contributed by atoms with van der Waals surface area (Å²) in [4.78, 5) is 16.3. The molecule has 2 aromatic carbocycles. The average molecular weight is 301 g/mol. The van der Waals surface area contributed by atoms with Crippen molar-refractivity contribution in [2.24, 2.45) is 0 Å². The third-order valence-corrected chi connectivity index (χ3v) is 3.74. The molecule has 0 aliphatic rings. The molecule has 0 atom stereocenters. The summed E-state index contributed by atoms with van der Waals surface area (Å²) in [6, 6.07) is 18.2. The molecule has 0 fully saturated rings. The molecule has 0 aliphatic carbocycles. The maximum atomic E-state index is 11.6. The molecule has 0 aliphatic heterocycles. The number of carbonyl (C=O) groups is 1. The van der Waals surface area contributed by atoms with Crippen LogP contribution < -0.4 is 0 Å². The van der Waals surface area contributed by atoms with Crippen molar-refractivity contribution in [3.63, 3.8) is 0 Å². The van der Waals surface area contributed by atoms with Crippen molar-refractivity contribution in [2.45, 2.75) is 6.92 Å². The first kappa shape index (κ1) is 13.5. The molecular weight excluding hydrogens is 288 g/mol. The fourth-order valence-electron chi connectivity index (χ4n) is 2.64. The van der Waals surface area contributed by atoms with Crippen molar-refractivity contribution in [2.75, 3.05) is 0 Å². The molecule has 111 valence electrons. The zero-order chi connectivity index (χ0) is 15.8. The second-order valence-electron chi connectivity index (χ2n) is 5.25. The summed E-state index contributed by atoms with van der Waals surface area (Å²) in [7, 11) is 0. The van der Waals surface area contributed by atoms with Crippen molar-refractivity contribution < 1.29 is 4.79 Å². The van der Waals surface area contributed by atoms with Crippen molar-refractivity contribution in [1.29, 1.82) is 0 Å². The monoisotopic (exact) mass is 301 g/mol. The zero-order valence-electron chi connectivity index (χ0n) is 12.4. The summed E-state index contributed by atoms with van der Waals surface area (Å²) in [5.74, 6) is 0.748. The van der Waals surface area contributed by atoms with E-state index in [1.807, 2.05) is 53.1 Å². The number of fused-ring (bicyclic) bond motifs is 1. The van der Waals surface area contributed by atoms with Gasteiger partial charge in [-0.25, -0.2) is 4.98 Å². The van der Waals surface area contributed by atoms with Crippen LogP contribution in [0.1, 0.15) is 17.3 Å². The Kier molecular flexibility index (Phi) is 3.05. The molecular formula is C18H13N4O. The number of aromatic nitrogens is 4. The molecule has 5 nitrogen and oxygen atoms in total. The Bertz CT molecular complexity index is 985. The van der Waals surface area contributed by atoms with E-state index < -0.39 is 0 Å². The van der Waals surface area contributed by atoms with Crippen molar-refractivity contribution in [3.05, 3.63) is 66.4 Å². The molecule has 0 spiro atoms. The zero-order valence-corrected chi connectivity index (χ0v) is 12.4. The summed E-state index contributed by atoms with van der Waals surface area (Å²) < 4.78 is 2.02. The van der Waals surface area contributed by atoms with Crippen LogP contribution in [0.3, 0.4) is 0 Å². The lowest BCUT2D eigenvalue weighted by atomic mass is 10.1. The molecule has 0 unspecified atom stereocenters. The van der Waals surface area contributed by atoms with Crippen LogP contribution in [0.4, 0.5) is 0 Å². The van der Waals surface area contributed by atoms with E-state index in [1.165, 1.54) is 0 Å². The third-order valence-electron chi connectivity index (χ3n) is 3.74. The Morgan fingerprint density at radius 1 is 1.26 bits per heavy atom. The molecule has 0 saturated carbocycles. The van der Waals surface area contributed by atoms with Crippen LogP contribution in [0.2, 0.25) is 0 Å². The maximum Gasteiger partial charge on any atom is 0.166 e. The molecule has 23 heavy (non-hydrogen) atoms.